The summed E-state index contributed by atoms with van der Waals surface area (Å²) in [6, 6.07) is 7.28. The van der Waals surface area contributed by atoms with Gasteiger partial charge in [-0.25, -0.2) is 4.79 Å². The molecule has 0 aliphatic carbocycles. The molecule has 1 rings (SSSR count). The van der Waals surface area contributed by atoms with Crippen molar-refractivity contribution < 1.29 is 14.3 Å². The molecule has 0 saturated heterocycles. The number of nitrogens with two attached hydrogens (primary N) is 2. The van der Waals surface area contributed by atoms with Crippen molar-refractivity contribution in [2.24, 2.45) is 11.5 Å². The highest BCUT2D eigenvalue weighted by Gasteiger charge is 2.27. The van der Waals surface area contributed by atoms with E-state index >= 15 is 0 Å². The summed E-state index contributed by atoms with van der Waals surface area (Å²) in [6.45, 7) is 1.74. The predicted octanol–water partition coefficient (Wildman–Crippen LogP) is 1.50. The van der Waals surface area contributed by atoms with Crippen molar-refractivity contribution >= 4 is 27.9 Å². The highest BCUT2D eigenvalue weighted by molar-refractivity contribution is 9.10. The predicted molar refractivity (Wildman–Crippen MR) is 66.2 cm³/mol. The molecule has 4 N–H and O–H groups in total. The molecule has 2 unspecified atom stereocenters. The van der Waals surface area contributed by atoms with Gasteiger partial charge in [-0.2, -0.15) is 0 Å². The van der Waals surface area contributed by atoms with Gasteiger partial charge in [-0.3, -0.25) is 4.79 Å². The fourth-order valence-corrected chi connectivity index (χ4v) is 1.74. The largest absolute Gasteiger partial charge is 0.436 e. The summed E-state index contributed by atoms with van der Waals surface area (Å²) < 4.78 is 5.63. The van der Waals surface area contributed by atoms with E-state index in [1.807, 2.05) is 24.3 Å². The summed E-state index contributed by atoms with van der Waals surface area (Å²) in [7, 11) is 0. The van der Waals surface area contributed by atoms with Gasteiger partial charge in [0.1, 0.15) is 0 Å². The van der Waals surface area contributed by atoms with Crippen molar-refractivity contribution in [2.45, 2.75) is 18.9 Å². The van der Waals surface area contributed by atoms with E-state index in [1.54, 1.807) is 6.92 Å². The molecule has 1 aromatic rings. The zero-order chi connectivity index (χ0) is 13.0. The van der Waals surface area contributed by atoms with Crippen molar-refractivity contribution in [3.63, 3.8) is 0 Å². The minimum Gasteiger partial charge on any atom is -0.436 e. The maximum absolute atomic E-state index is 11.2. The number of primary amides is 2. The van der Waals surface area contributed by atoms with E-state index in [-0.39, 0.29) is 5.92 Å². The topological polar surface area (TPSA) is 95.4 Å². The van der Waals surface area contributed by atoms with Crippen LogP contribution in [0.25, 0.3) is 0 Å². The number of carbonyl (C=O) groups is 2. The van der Waals surface area contributed by atoms with Gasteiger partial charge in [-0.05, 0) is 17.7 Å². The minimum atomic E-state index is -1.06. The summed E-state index contributed by atoms with van der Waals surface area (Å²) in [5.41, 5.74) is 10.9. The molecule has 0 saturated carbocycles. The van der Waals surface area contributed by atoms with Crippen LogP contribution < -0.4 is 11.5 Å². The molecule has 92 valence electrons. The van der Waals surface area contributed by atoms with E-state index in [2.05, 4.69) is 15.9 Å². The third-order valence-corrected chi connectivity index (χ3v) is 2.90. The van der Waals surface area contributed by atoms with E-state index in [4.69, 9.17) is 16.2 Å². The normalized spacial score (nSPS) is 13.8. The first-order valence-electron chi connectivity index (χ1n) is 4.92. The Hall–Kier alpha value is -1.56. The summed E-state index contributed by atoms with van der Waals surface area (Å²) in [5, 5.41) is 0. The van der Waals surface area contributed by atoms with E-state index in [1.165, 1.54) is 0 Å². The molecule has 0 bridgehead atoms. The highest BCUT2D eigenvalue weighted by atomic mass is 79.9. The number of benzene rings is 1. The molecule has 0 aliphatic rings. The molecule has 1 aromatic carbocycles. The second-order valence-electron chi connectivity index (χ2n) is 3.60. The maximum Gasteiger partial charge on any atom is 0.405 e. The SMILES string of the molecule is CC(c1ccc(Br)cc1)C(OC(N)=O)C(N)=O. The van der Waals surface area contributed by atoms with Crippen LogP contribution in [-0.2, 0) is 9.53 Å². The quantitative estimate of drug-likeness (QED) is 0.882. The molecule has 6 heteroatoms. The molecular formula is C11H13BrN2O3. The molecule has 2 atom stereocenters. The van der Waals surface area contributed by atoms with Gasteiger partial charge in [0.25, 0.3) is 5.91 Å². The number of hydrogen-bond acceptors (Lipinski definition) is 3. The number of rotatable bonds is 4. The number of hydrogen-bond donors (Lipinski definition) is 2. The van der Waals surface area contributed by atoms with Crippen LogP contribution >= 0.6 is 15.9 Å². The van der Waals surface area contributed by atoms with Gasteiger partial charge in [-0.15, -0.1) is 0 Å². The van der Waals surface area contributed by atoms with Crippen LogP contribution in [-0.4, -0.2) is 18.1 Å². The molecule has 0 heterocycles. The first kappa shape index (κ1) is 13.5. The first-order valence-corrected chi connectivity index (χ1v) is 5.72. The molecular weight excluding hydrogens is 288 g/mol. The number of carbonyl (C=O) groups excluding carboxylic acids is 2. The Kier molecular flexibility index (Phi) is 4.51. The lowest BCUT2D eigenvalue weighted by Gasteiger charge is -2.20. The highest BCUT2D eigenvalue weighted by Crippen LogP contribution is 2.23. The Morgan fingerprint density at radius 1 is 1.24 bits per heavy atom. The zero-order valence-electron chi connectivity index (χ0n) is 9.22. The number of amides is 2. The summed E-state index contributed by atoms with van der Waals surface area (Å²) in [5.74, 6) is -1.08. The van der Waals surface area contributed by atoms with Gasteiger partial charge in [0.05, 0.1) is 0 Å². The lowest BCUT2D eigenvalue weighted by molar-refractivity contribution is -0.127. The average Bonchev–Trinajstić information content (AvgIpc) is 2.25. The fraction of sp³-hybridized carbons (Fsp3) is 0.273. The van der Waals surface area contributed by atoms with Crippen LogP contribution in [0.1, 0.15) is 18.4 Å². The summed E-state index contributed by atoms with van der Waals surface area (Å²) in [4.78, 5) is 21.9. The van der Waals surface area contributed by atoms with Crippen LogP contribution in [0.5, 0.6) is 0 Å². The second-order valence-corrected chi connectivity index (χ2v) is 4.52. The van der Waals surface area contributed by atoms with Crippen molar-refractivity contribution in [1.82, 2.24) is 0 Å². The molecule has 2 amide bonds. The van der Waals surface area contributed by atoms with Gasteiger partial charge in [0.15, 0.2) is 6.10 Å². The standard InChI is InChI=1S/C11H13BrN2O3/c1-6(7-2-4-8(12)5-3-7)9(10(13)15)17-11(14)16/h2-6,9H,1H3,(H2,13,15)(H2,14,16). The molecule has 0 aromatic heterocycles. The van der Waals surface area contributed by atoms with Crippen molar-refractivity contribution in [1.29, 1.82) is 0 Å². The molecule has 0 radical (unpaired) electrons. The smallest absolute Gasteiger partial charge is 0.405 e. The van der Waals surface area contributed by atoms with Gasteiger partial charge >= 0.3 is 6.09 Å². The van der Waals surface area contributed by atoms with Crippen molar-refractivity contribution in [3.8, 4) is 0 Å². The first-order chi connectivity index (χ1) is 7.91. The molecule has 5 nitrogen and oxygen atoms in total. The van der Waals surface area contributed by atoms with Gasteiger partial charge < -0.3 is 16.2 Å². The van der Waals surface area contributed by atoms with Crippen LogP contribution in [0.4, 0.5) is 4.79 Å². The fourth-order valence-electron chi connectivity index (χ4n) is 1.47. The molecule has 0 aliphatic heterocycles. The summed E-state index contributed by atoms with van der Waals surface area (Å²) in [6.07, 6.45) is -2.08. The zero-order valence-corrected chi connectivity index (χ0v) is 10.8. The average molecular weight is 301 g/mol. The van der Waals surface area contributed by atoms with Gasteiger partial charge in [0.2, 0.25) is 0 Å². The minimum absolute atomic E-state index is 0.354. The van der Waals surface area contributed by atoms with E-state index < -0.39 is 18.1 Å². The van der Waals surface area contributed by atoms with E-state index in [0.717, 1.165) is 10.0 Å². The Morgan fingerprint density at radius 3 is 2.18 bits per heavy atom. The van der Waals surface area contributed by atoms with Gasteiger partial charge in [-0.1, -0.05) is 35.0 Å². The van der Waals surface area contributed by atoms with Crippen molar-refractivity contribution in [2.75, 3.05) is 0 Å². The molecule has 0 fully saturated rings. The Labute approximate surface area is 107 Å². The molecule has 0 spiro atoms. The Morgan fingerprint density at radius 2 is 1.76 bits per heavy atom. The number of ether oxygens (including phenoxy) is 1. The number of halogens is 1. The Bertz CT molecular complexity index is 419. The van der Waals surface area contributed by atoms with Crippen LogP contribution in [0, 0.1) is 0 Å². The Balaban J connectivity index is 2.91. The van der Waals surface area contributed by atoms with Crippen LogP contribution in [0.15, 0.2) is 28.7 Å². The third kappa shape index (κ3) is 3.74. The van der Waals surface area contributed by atoms with E-state index in [0.29, 0.717) is 0 Å². The van der Waals surface area contributed by atoms with Crippen molar-refractivity contribution in [3.05, 3.63) is 34.3 Å². The molecule has 17 heavy (non-hydrogen) atoms. The summed E-state index contributed by atoms with van der Waals surface area (Å²) >= 11 is 3.30. The third-order valence-electron chi connectivity index (χ3n) is 2.37. The maximum atomic E-state index is 11.2. The lowest BCUT2D eigenvalue weighted by atomic mass is 9.95. The lowest BCUT2D eigenvalue weighted by Crippen LogP contribution is -2.38. The van der Waals surface area contributed by atoms with Crippen LogP contribution in [0.3, 0.4) is 0 Å². The second kappa shape index (κ2) is 5.67. The van der Waals surface area contributed by atoms with Gasteiger partial charge in [0, 0.05) is 10.4 Å². The van der Waals surface area contributed by atoms with Crippen LogP contribution in [0.2, 0.25) is 0 Å². The van der Waals surface area contributed by atoms with E-state index in [9.17, 15) is 9.59 Å². The monoisotopic (exact) mass is 300 g/mol.